The fourth-order valence-corrected chi connectivity index (χ4v) is 5.08. The average molecular weight is 532 g/mol. The lowest BCUT2D eigenvalue weighted by atomic mass is 10.0. The summed E-state index contributed by atoms with van der Waals surface area (Å²) in [6, 6.07) is 32.6. The number of hydrogen-bond acceptors (Lipinski definition) is 3. The number of rotatable bonds is 11. The molecule has 4 aromatic carbocycles. The molecule has 204 valence electrons. The van der Waals surface area contributed by atoms with Crippen LogP contribution in [-0.4, -0.2) is 22.1 Å². The Labute approximate surface area is 236 Å². The Hall–Kier alpha value is -4.38. The van der Waals surface area contributed by atoms with E-state index in [0.29, 0.717) is 13.0 Å². The van der Waals surface area contributed by atoms with Crippen molar-refractivity contribution in [2.24, 2.45) is 0 Å². The highest BCUT2D eigenvalue weighted by molar-refractivity contribution is 5.80. The van der Waals surface area contributed by atoms with Crippen molar-refractivity contribution in [3.63, 3.8) is 0 Å². The van der Waals surface area contributed by atoms with E-state index in [2.05, 4.69) is 60.1 Å². The van der Waals surface area contributed by atoms with Crippen LogP contribution in [0, 0.1) is 13.8 Å². The summed E-state index contributed by atoms with van der Waals surface area (Å²) >= 11 is 0. The molecule has 1 atom stereocenters. The molecule has 5 rings (SSSR count). The normalized spacial score (nSPS) is 11.9. The van der Waals surface area contributed by atoms with E-state index >= 15 is 0 Å². The Morgan fingerprint density at radius 3 is 2.38 bits per heavy atom. The van der Waals surface area contributed by atoms with Crippen LogP contribution in [0.3, 0.4) is 0 Å². The number of aromatic nitrogens is 2. The van der Waals surface area contributed by atoms with Crippen molar-refractivity contribution in [2.45, 2.75) is 52.6 Å². The van der Waals surface area contributed by atoms with Gasteiger partial charge in [-0.25, -0.2) is 4.98 Å². The van der Waals surface area contributed by atoms with Gasteiger partial charge in [0.05, 0.1) is 30.1 Å². The summed E-state index contributed by atoms with van der Waals surface area (Å²) in [6.45, 7) is 7.70. The maximum Gasteiger partial charge on any atom is 0.224 e. The number of amides is 1. The van der Waals surface area contributed by atoms with Crippen LogP contribution >= 0.6 is 0 Å². The predicted octanol–water partition coefficient (Wildman–Crippen LogP) is 7.60. The van der Waals surface area contributed by atoms with Crippen LogP contribution in [0.5, 0.6) is 5.75 Å². The summed E-state index contributed by atoms with van der Waals surface area (Å²) in [5, 5.41) is 3.18. The van der Waals surface area contributed by atoms with Crippen LogP contribution in [0.1, 0.15) is 48.3 Å². The second kappa shape index (κ2) is 12.6. The highest BCUT2D eigenvalue weighted by Crippen LogP contribution is 2.24. The molecule has 40 heavy (non-hydrogen) atoms. The largest absolute Gasteiger partial charge is 0.493 e. The molecule has 5 heteroatoms. The van der Waals surface area contributed by atoms with Gasteiger partial charge in [0.1, 0.15) is 11.6 Å². The molecule has 0 aliphatic rings. The lowest BCUT2D eigenvalue weighted by molar-refractivity contribution is -0.121. The molecular formula is C35H37N3O2. The fourth-order valence-electron chi connectivity index (χ4n) is 5.08. The number of imidazole rings is 1. The third-order valence-electron chi connectivity index (χ3n) is 7.46. The Morgan fingerprint density at radius 2 is 1.57 bits per heavy atom. The summed E-state index contributed by atoms with van der Waals surface area (Å²) in [5.41, 5.74) is 7.78. The van der Waals surface area contributed by atoms with Crippen molar-refractivity contribution < 1.29 is 9.53 Å². The molecule has 1 aromatic heterocycles. The van der Waals surface area contributed by atoms with E-state index in [-0.39, 0.29) is 11.9 Å². The van der Waals surface area contributed by atoms with Gasteiger partial charge in [-0.1, -0.05) is 78.9 Å². The third-order valence-corrected chi connectivity index (χ3v) is 7.46. The van der Waals surface area contributed by atoms with Gasteiger partial charge in [-0.3, -0.25) is 4.79 Å². The van der Waals surface area contributed by atoms with E-state index in [9.17, 15) is 4.79 Å². The van der Waals surface area contributed by atoms with Gasteiger partial charge in [0.25, 0.3) is 0 Å². The number of carbonyl (C=O) groups is 1. The van der Waals surface area contributed by atoms with Gasteiger partial charge >= 0.3 is 0 Å². The quantitative estimate of drug-likeness (QED) is 0.179. The number of benzene rings is 4. The minimum absolute atomic E-state index is 0.0134. The summed E-state index contributed by atoms with van der Waals surface area (Å²) in [7, 11) is 0. The van der Waals surface area contributed by atoms with Crippen LogP contribution < -0.4 is 10.1 Å². The molecule has 0 saturated heterocycles. The zero-order valence-electron chi connectivity index (χ0n) is 23.6. The number of para-hydroxylation sites is 2. The molecule has 0 bridgehead atoms. The van der Waals surface area contributed by atoms with Crippen molar-refractivity contribution in [1.29, 1.82) is 0 Å². The van der Waals surface area contributed by atoms with Gasteiger partial charge < -0.3 is 14.6 Å². The van der Waals surface area contributed by atoms with E-state index in [0.717, 1.165) is 53.1 Å². The minimum Gasteiger partial charge on any atom is -0.493 e. The first-order chi connectivity index (χ1) is 19.5. The SMILES string of the molecule is Cc1cccc(OCCCCn2c(C(C)NC(=O)Cc3ccc(-c4ccccc4)cc3)nc3ccccc32)c1C. The van der Waals surface area contributed by atoms with Gasteiger partial charge in [-0.05, 0) is 79.6 Å². The number of aryl methyl sites for hydroxylation is 2. The second-order valence-electron chi connectivity index (χ2n) is 10.4. The summed E-state index contributed by atoms with van der Waals surface area (Å²) < 4.78 is 8.30. The molecule has 0 radical (unpaired) electrons. The number of nitrogens with one attached hydrogen (secondary N) is 1. The van der Waals surface area contributed by atoms with Crippen molar-refractivity contribution in [3.8, 4) is 16.9 Å². The van der Waals surface area contributed by atoms with Gasteiger partial charge in [-0.2, -0.15) is 0 Å². The van der Waals surface area contributed by atoms with Crippen LogP contribution in [0.4, 0.5) is 0 Å². The zero-order valence-corrected chi connectivity index (χ0v) is 23.6. The number of hydrogen-bond donors (Lipinski definition) is 1. The highest BCUT2D eigenvalue weighted by Gasteiger charge is 2.18. The van der Waals surface area contributed by atoms with E-state index in [1.807, 2.05) is 67.6 Å². The fraction of sp³-hybridized carbons (Fsp3) is 0.257. The molecule has 0 fully saturated rings. The molecule has 0 saturated carbocycles. The highest BCUT2D eigenvalue weighted by atomic mass is 16.5. The minimum atomic E-state index is -0.213. The van der Waals surface area contributed by atoms with Gasteiger partial charge in [0.2, 0.25) is 5.91 Å². The molecule has 1 N–H and O–H groups in total. The predicted molar refractivity (Wildman–Crippen MR) is 163 cm³/mol. The lowest BCUT2D eigenvalue weighted by Crippen LogP contribution is -2.30. The molecule has 0 aliphatic carbocycles. The van der Waals surface area contributed by atoms with Crippen LogP contribution in [0.25, 0.3) is 22.2 Å². The van der Waals surface area contributed by atoms with Crippen molar-refractivity contribution >= 4 is 16.9 Å². The van der Waals surface area contributed by atoms with E-state index in [4.69, 9.17) is 9.72 Å². The summed E-state index contributed by atoms with van der Waals surface area (Å²) in [6.07, 6.45) is 2.21. The Balaban J connectivity index is 1.20. The third kappa shape index (κ3) is 6.42. The first-order valence-corrected chi connectivity index (χ1v) is 14.1. The Bertz CT molecular complexity index is 1570. The van der Waals surface area contributed by atoms with E-state index in [1.165, 1.54) is 16.7 Å². The summed E-state index contributed by atoms with van der Waals surface area (Å²) in [4.78, 5) is 17.9. The second-order valence-corrected chi connectivity index (χ2v) is 10.4. The molecule has 1 amide bonds. The van der Waals surface area contributed by atoms with Crippen LogP contribution in [0.15, 0.2) is 97.1 Å². The lowest BCUT2D eigenvalue weighted by Gasteiger charge is -2.17. The standard InChI is InChI=1S/C35H37N3O2/c1-25-12-11-17-33(26(25)2)40-23-10-9-22-38-32-16-8-7-15-31(32)37-35(38)27(3)36-34(39)24-28-18-20-30(21-19-28)29-13-5-4-6-14-29/h4-8,11-21,27H,9-10,22-24H2,1-3H3,(H,36,39). The maximum atomic E-state index is 13.0. The van der Waals surface area contributed by atoms with E-state index in [1.54, 1.807) is 0 Å². The van der Waals surface area contributed by atoms with E-state index < -0.39 is 0 Å². The average Bonchev–Trinajstić information content (AvgIpc) is 3.34. The van der Waals surface area contributed by atoms with Gasteiger partial charge in [-0.15, -0.1) is 0 Å². The smallest absolute Gasteiger partial charge is 0.224 e. The maximum absolute atomic E-state index is 13.0. The number of carbonyl (C=O) groups excluding carboxylic acids is 1. The number of nitrogens with zero attached hydrogens (tertiary/aromatic N) is 2. The summed E-state index contributed by atoms with van der Waals surface area (Å²) in [5.74, 6) is 1.82. The number of fused-ring (bicyclic) bond motifs is 1. The zero-order chi connectivity index (χ0) is 27.9. The number of ether oxygens (including phenoxy) is 1. The molecule has 1 heterocycles. The topological polar surface area (TPSA) is 56.1 Å². The van der Waals surface area contributed by atoms with Gasteiger partial charge in [0, 0.05) is 6.54 Å². The van der Waals surface area contributed by atoms with Crippen LogP contribution in [-0.2, 0) is 17.8 Å². The Kier molecular flexibility index (Phi) is 8.60. The number of unbranched alkanes of at least 4 members (excludes halogenated alkanes) is 1. The molecular weight excluding hydrogens is 494 g/mol. The molecule has 5 aromatic rings. The van der Waals surface area contributed by atoms with Crippen LogP contribution in [0.2, 0.25) is 0 Å². The van der Waals surface area contributed by atoms with Gasteiger partial charge in [0.15, 0.2) is 0 Å². The molecule has 0 spiro atoms. The van der Waals surface area contributed by atoms with Crippen molar-refractivity contribution in [1.82, 2.24) is 14.9 Å². The molecule has 5 nitrogen and oxygen atoms in total. The Morgan fingerprint density at radius 1 is 0.850 bits per heavy atom. The first-order valence-electron chi connectivity index (χ1n) is 14.1. The molecule has 0 aliphatic heterocycles. The van der Waals surface area contributed by atoms with Crippen molar-refractivity contribution in [3.05, 3.63) is 120 Å². The first kappa shape index (κ1) is 27.2. The molecule has 1 unspecified atom stereocenters. The van der Waals surface area contributed by atoms with Crippen molar-refractivity contribution in [2.75, 3.05) is 6.61 Å². The monoisotopic (exact) mass is 531 g/mol.